The zero-order valence-electron chi connectivity index (χ0n) is 23.4. The number of unbranched alkanes of at least 4 members (excludes halogenated alkanes) is 2. The molecule has 4 rings (SSSR count). The molecule has 1 saturated carbocycles. The summed E-state index contributed by atoms with van der Waals surface area (Å²) in [6, 6.07) is 21.4. The number of carbonyl (C=O) groups is 1. The van der Waals surface area contributed by atoms with Gasteiger partial charge in [0.2, 0.25) is 0 Å². The highest BCUT2D eigenvalue weighted by molar-refractivity contribution is 5.86. The predicted molar refractivity (Wildman–Crippen MR) is 157 cm³/mol. The summed E-state index contributed by atoms with van der Waals surface area (Å²) in [5.41, 5.74) is 5.02. The van der Waals surface area contributed by atoms with Gasteiger partial charge in [0.1, 0.15) is 24.8 Å². The molecule has 0 bridgehead atoms. The average molecular weight is 529 g/mol. The third-order valence-corrected chi connectivity index (χ3v) is 7.85. The summed E-state index contributed by atoms with van der Waals surface area (Å²) in [5.74, 6) is 1.51. The molecule has 0 amide bonds. The molecule has 0 saturated heterocycles. The fraction of sp³-hybridized carbons (Fsp3) is 0.400. The lowest BCUT2D eigenvalue weighted by molar-refractivity contribution is -0.139. The first-order valence-electron chi connectivity index (χ1n) is 14.4. The van der Waals surface area contributed by atoms with Gasteiger partial charge >= 0.3 is 5.97 Å². The molecule has 0 N–H and O–H groups in total. The Morgan fingerprint density at radius 2 is 1.54 bits per heavy atom. The zero-order chi connectivity index (χ0) is 27.6. The van der Waals surface area contributed by atoms with Crippen molar-refractivity contribution in [1.82, 2.24) is 0 Å². The Hall–Kier alpha value is -3.40. The van der Waals surface area contributed by atoms with E-state index < -0.39 is 5.97 Å². The summed E-state index contributed by atoms with van der Waals surface area (Å²) >= 11 is 0. The van der Waals surface area contributed by atoms with Crippen molar-refractivity contribution in [3.05, 3.63) is 90.3 Å². The highest BCUT2D eigenvalue weighted by Crippen LogP contribution is 2.38. The first-order valence-corrected chi connectivity index (χ1v) is 14.4. The lowest BCUT2D eigenvalue weighted by Gasteiger charge is -2.29. The Kier molecular flexibility index (Phi) is 10.4. The minimum absolute atomic E-state index is 0.144. The van der Waals surface area contributed by atoms with Crippen LogP contribution in [0, 0.1) is 11.7 Å². The van der Waals surface area contributed by atoms with Gasteiger partial charge in [0.25, 0.3) is 0 Å². The Balaban J connectivity index is 1.31. The topological polar surface area (TPSA) is 35.5 Å². The number of halogens is 1. The van der Waals surface area contributed by atoms with E-state index >= 15 is 4.39 Å². The molecule has 0 aromatic heterocycles. The van der Waals surface area contributed by atoms with Gasteiger partial charge in [0.05, 0.1) is 0 Å². The largest absolute Gasteiger partial charge is 0.490 e. The van der Waals surface area contributed by atoms with Gasteiger partial charge in [-0.25, -0.2) is 9.18 Å². The molecule has 1 aliphatic carbocycles. The van der Waals surface area contributed by atoms with Crippen LogP contribution in [0.2, 0.25) is 0 Å². The Bertz CT molecular complexity index is 1220. The smallest absolute Gasteiger partial charge is 0.333 e. The van der Waals surface area contributed by atoms with Gasteiger partial charge in [0.15, 0.2) is 0 Å². The molecule has 1 fully saturated rings. The Labute approximate surface area is 233 Å². The first kappa shape index (κ1) is 28.6. The fourth-order valence-corrected chi connectivity index (χ4v) is 5.49. The molecule has 0 unspecified atom stereocenters. The number of hydrogen-bond acceptors (Lipinski definition) is 3. The van der Waals surface area contributed by atoms with Crippen molar-refractivity contribution in [1.29, 1.82) is 0 Å². The number of carbonyl (C=O) groups excluding carboxylic acids is 1. The lowest BCUT2D eigenvalue weighted by atomic mass is 9.77. The molecule has 0 atom stereocenters. The van der Waals surface area contributed by atoms with Crippen LogP contribution in [0.5, 0.6) is 5.75 Å². The molecule has 0 radical (unpaired) electrons. The molecular weight excluding hydrogens is 487 g/mol. The maximum Gasteiger partial charge on any atom is 0.333 e. The number of benzene rings is 3. The molecule has 0 spiro atoms. The number of esters is 1. The van der Waals surface area contributed by atoms with Crippen LogP contribution in [0.4, 0.5) is 4.39 Å². The van der Waals surface area contributed by atoms with Crippen LogP contribution in [0.3, 0.4) is 0 Å². The van der Waals surface area contributed by atoms with Crippen LogP contribution in [0.1, 0.15) is 76.7 Å². The van der Waals surface area contributed by atoms with Gasteiger partial charge in [-0.05, 0) is 84.9 Å². The minimum Gasteiger partial charge on any atom is -0.490 e. The van der Waals surface area contributed by atoms with Gasteiger partial charge in [0, 0.05) is 11.1 Å². The van der Waals surface area contributed by atoms with Crippen LogP contribution < -0.4 is 4.74 Å². The number of rotatable bonds is 12. The van der Waals surface area contributed by atoms with Crippen LogP contribution in [-0.4, -0.2) is 19.2 Å². The Morgan fingerprint density at radius 1 is 0.872 bits per heavy atom. The summed E-state index contributed by atoms with van der Waals surface area (Å²) < 4.78 is 25.8. The SMILES string of the molecule is C=C(C)C(=O)OCCOc1ccc(-c2ccc(-c3ccc(C4CCC(CCCCC)CC4)cc3)cc2F)cc1. The molecule has 1 aliphatic rings. The van der Waals surface area contributed by atoms with Crippen molar-refractivity contribution in [2.45, 2.75) is 71.1 Å². The third kappa shape index (κ3) is 8.05. The van der Waals surface area contributed by atoms with E-state index in [9.17, 15) is 4.79 Å². The molecule has 3 aromatic carbocycles. The summed E-state index contributed by atoms with van der Waals surface area (Å²) in [6.45, 7) is 7.80. The van der Waals surface area contributed by atoms with E-state index in [1.54, 1.807) is 25.1 Å². The molecule has 0 aliphatic heterocycles. The predicted octanol–water partition coefficient (Wildman–Crippen LogP) is 9.51. The van der Waals surface area contributed by atoms with Gasteiger partial charge in [-0.2, -0.15) is 0 Å². The third-order valence-electron chi connectivity index (χ3n) is 7.85. The van der Waals surface area contributed by atoms with Gasteiger partial charge in [-0.15, -0.1) is 0 Å². The summed E-state index contributed by atoms with van der Waals surface area (Å²) in [7, 11) is 0. The van der Waals surface area contributed by atoms with Crippen LogP contribution in [-0.2, 0) is 9.53 Å². The molecule has 39 heavy (non-hydrogen) atoms. The van der Waals surface area contributed by atoms with Crippen molar-refractivity contribution in [2.75, 3.05) is 13.2 Å². The quantitative estimate of drug-likeness (QED) is 0.133. The summed E-state index contributed by atoms with van der Waals surface area (Å²) in [5, 5.41) is 0. The number of hydrogen-bond donors (Lipinski definition) is 0. The molecule has 0 heterocycles. The van der Waals surface area contributed by atoms with E-state index in [1.807, 2.05) is 24.3 Å². The molecule has 3 aromatic rings. The van der Waals surface area contributed by atoms with E-state index in [4.69, 9.17) is 9.47 Å². The molecular formula is C35H41FO3. The second kappa shape index (κ2) is 14.1. The number of ether oxygens (including phenoxy) is 2. The average Bonchev–Trinajstić information content (AvgIpc) is 2.96. The summed E-state index contributed by atoms with van der Waals surface area (Å²) in [4.78, 5) is 11.4. The van der Waals surface area contributed by atoms with E-state index in [0.29, 0.717) is 22.8 Å². The van der Waals surface area contributed by atoms with Crippen molar-refractivity contribution in [3.8, 4) is 28.0 Å². The highest BCUT2D eigenvalue weighted by Gasteiger charge is 2.22. The maximum atomic E-state index is 15.1. The molecule has 206 valence electrons. The molecule has 3 nitrogen and oxygen atoms in total. The minimum atomic E-state index is -0.431. The lowest BCUT2D eigenvalue weighted by Crippen LogP contribution is -2.13. The Morgan fingerprint density at radius 3 is 2.18 bits per heavy atom. The van der Waals surface area contributed by atoms with E-state index in [1.165, 1.54) is 56.9 Å². The monoisotopic (exact) mass is 528 g/mol. The second-order valence-corrected chi connectivity index (χ2v) is 10.8. The fourth-order valence-electron chi connectivity index (χ4n) is 5.49. The van der Waals surface area contributed by atoms with Crippen molar-refractivity contribution >= 4 is 5.97 Å². The van der Waals surface area contributed by atoms with Crippen molar-refractivity contribution in [3.63, 3.8) is 0 Å². The van der Waals surface area contributed by atoms with Crippen molar-refractivity contribution < 1.29 is 18.7 Å². The normalized spacial score (nSPS) is 17.0. The summed E-state index contributed by atoms with van der Waals surface area (Å²) in [6.07, 6.45) is 10.7. The van der Waals surface area contributed by atoms with Crippen molar-refractivity contribution in [2.24, 2.45) is 5.92 Å². The first-order chi connectivity index (χ1) is 18.9. The maximum absolute atomic E-state index is 15.1. The zero-order valence-corrected chi connectivity index (χ0v) is 23.4. The van der Waals surface area contributed by atoms with Crippen LogP contribution in [0.15, 0.2) is 78.9 Å². The van der Waals surface area contributed by atoms with E-state index in [0.717, 1.165) is 22.6 Å². The highest BCUT2D eigenvalue weighted by atomic mass is 19.1. The van der Waals surface area contributed by atoms with Gasteiger partial charge in [-0.1, -0.05) is 87.7 Å². The van der Waals surface area contributed by atoms with E-state index in [-0.39, 0.29) is 19.0 Å². The molecule has 4 heteroatoms. The van der Waals surface area contributed by atoms with Gasteiger partial charge in [-0.3, -0.25) is 0 Å². The standard InChI is InChI=1S/C35H41FO3/c1-4-5-6-7-26-8-10-27(11-9-26)28-12-14-29(15-13-28)31-18-21-33(34(36)24-31)30-16-19-32(20-17-30)38-22-23-39-35(37)25(2)3/h12-21,24,26-27H,2,4-11,22-23H2,1,3H3. The van der Waals surface area contributed by atoms with Crippen LogP contribution >= 0.6 is 0 Å². The van der Waals surface area contributed by atoms with Gasteiger partial charge < -0.3 is 9.47 Å². The van der Waals surface area contributed by atoms with E-state index in [2.05, 4.69) is 37.8 Å². The second-order valence-electron chi connectivity index (χ2n) is 10.8. The van der Waals surface area contributed by atoms with Crippen LogP contribution in [0.25, 0.3) is 22.3 Å².